The Morgan fingerprint density at radius 2 is 1.96 bits per heavy atom. The Morgan fingerprint density at radius 3 is 2.65 bits per heavy atom. The lowest BCUT2D eigenvalue weighted by Gasteiger charge is -2.19. The van der Waals surface area contributed by atoms with E-state index in [9.17, 15) is 9.18 Å². The van der Waals surface area contributed by atoms with Gasteiger partial charge in [-0.3, -0.25) is 9.69 Å². The van der Waals surface area contributed by atoms with Gasteiger partial charge in [0, 0.05) is 25.7 Å². The molecule has 1 amide bonds. The molecule has 1 saturated heterocycles. The number of carbonyl (C=O) groups excluding carboxylic acids is 1. The molecule has 4 rings (SSSR count). The maximum Gasteiger partial charge on any atom is 0.251 e. The molecule has 0 bridgehead atoms. The van der Waals surface area contributed by atoms with Gasteiger partial charge in [-0.1, -0.05) is 30.3 Å². The van der Waals surface area contributed by atoms with E-state index in [1.54, 1.807) is 6.07 Å². The molecule has 0 radical (unpaired) electrons. The number of amides is 1. The van der Waals surface area contributed by atoms with Crippen LogP contribution in [0.1, 0.15) is 46.7 Å². The molecule has 0 spiro atoms. The van der Waals surface area contributed by atoms with Crippen LogP contribution >= 0.6 is 0 Å². The Hall–Kier alpha value is -2.40. The number of primary amides is 1. The van der Waals surface area contributed by atoms with Crippen LogP contribution in [0.4, 0.5) is 4.39 Å². The highest BCUT2D eigenvalue weighted by atomic mass is 19.1. The Bertz CT molecular complexity index is 805. The van der Waals surface area contributed by atoms with Crippen molar-refractivity contribution in [2.24, 2.45) is 5.73 Å². The summed E-state index contributed by atoms with van der Waals surface area (Å²) in [6.07, 6.45) is 3.04. The van der Waals surface area contributed by atoms with Crippen molar-refractivity contribution < 1.29 is 13.9 Å². The van der Waals surface area contributed by atoms with Gasteiger partial charge in [0.05, 0.1) is 5.56 Å². The van der Waals surface area contributed by atoms with Gasteiger partial charge in [0.2, 0.25) is 0 Å². The predicted molar refractivity (Wildman–Crippen MR) is 97.6 cm³/mol. The molecule has 5 heteroatoms. The highest BCUT2D eigenvalue weighted by Gasteiger charge is 2.31. The summed E-state index contributed by atoms with van der Waals surface area (Å²) in [5.41, 5.74) is 7.44. The lowest BCUT2D eigenvalue weighted by Crippen LogP contribution is -2.25. The second kappa shape index (κ2) is 7.08. The van der Waals surface area contributed by atoms with Crippen LogP contribution in [0.25, 0.3) is 0 Å². The summed E-state index contributed by atoms with van der Waals surface area (Å²) in [5.74, 6) is -0.408. The Kier molecular flexibility index (Phi) is 4.64. The number of hydrogen-bond acceptors (Lipinski definition) is 3. The molecule has 1 atom stereocenters. The number of nitrogens with zero attached hydrogens (tertiary/aromatic N) is 1. The van der Waals surface area contributed by atoms with Crippen molar-refractivity contribution in [2.75, 3.05) is 13.1 Å². The molecule has 1 aliphatic heterocycles. The zero-order chi connectivity index (χ0) is 18.1. The summed E-state index contributed by atoms with van der Waals surface area (Å²) in [5, 5.41) is 0. The number of likely N-dealkylation sites (tertiary alicyclic amines) is 1. The molecule has 1 saturated carbocycles. The van der Waals surface area contributed by atoms with Crippen LogP contribution in [0.2, 0.25) is 0 Å². The van der Waals surface area contributed by atoms with Gasteiger partial charge in [-0.05, 0) is 42.4 Å². The van der Waals surface area contributed by atoms with Crippen molar-refractivity contribution in [3.8, 4) is 5.75 Å². The third kappa shape index (κ3) is 3.73. The van der Waals surface area contributed by atoms with E-state index in [0.717, 1.165) is 44.5 Å². The molecule has 1 heterocycles. The third-order valence-electron chi connectivity index (χ3n) is 5.15. The van der Waals surface area contributed by atoms with Gasteiger partial charge >= 0.3 is 0 Å². The van der Waals surface area contributed by atoms with Crippen LogP contribution in [0.5, 0.6) is 5.75 Å². The largest absolute Gasteiger partial charge is 0.489 e. The molecule has 1 aliphatic carbocycles. The summed E-state index contributed by atoms with van der Waals surface area (Å²) in [6.45, 7) is 2.67. The predicted octanol–water partition coefficient (Wildman–Crippen LogP) is 3.46. The summed E-state index contributed by atoms with van der Waals surface area (Å²) in [7, 11) is 0. The van der Waals surface area contributed by atoms with Gasteiger partial charge in [-0.25, -0.2) is 4.39 Å². The fourth-order valence-electron chi connectivity index (χ4n) is 3.63. The fourth-order valence-corrected chi connectivity index (χ4v) is 3.63. The van der Waals surface area contributed by atoms with Gasteiger partial charge in [0.1, 0.15) is 17.7 Å². The van der Waals surface area contributed by atoms with E-state index in [0.29, 0.717) is 11.7 Å². The smallest absolute Gasteiger partial charge is 0.251 e. The monoisotopic (exact) mass is 354 g/mol. The Morgan fingerprint density at radius 1 is 1.19 bits per heavy atom. The zero-order valence-electron chi connectivity index (χ0n) is 14.7. The number of carbonyl (C=O) groups is 1. The number of ether oxygens (including phenoxy) is 1. The third-order valence-corrected chi connectivity index (χ3v) is 5.15. The second-order valence-corrected chi connectivity index (χ2v) is 7.26. The summed E-state index contributed by atoms with van der Waals surface area (Å²) in [6, 6.07) is 13.3. The van der Waals surface area contributed by atoms with E-state index in [2.05, 4.69) is 17.0 Å². The molecule has 2 fully saturated rings. The highest BCUT2D eigenvalue weighted by molar-refractivity contribution is 5.93. The lowest BCUT2D eigenvalue weighted by atomic mass is 10.0. The number of rotatable bonds is 6. The Balaban J connectivity index is 1.46. The first-order chi connectivity index (χ1) is 12.6. The maximum absolute atomic E-state index is 14.2. The maximum atomic E-state index is 14.2. The summed E-state index contributed by atoms with van der Waals surface area (Å²) < 4.78 is 20.4. The van der Waals surface area contributed by atoms with Crippen LogP contribution in [-0.4, -0.2) is 30.0 Å². The topological polar surface area (TPSA) is 55.6 Å². The van der Waals surface area contributed by atoms with Gasteiger partial charge in [0.15, 0.2) is 0 Å². The van der Waals surface area contributed by atoms with Crippen molar-refractivity contribution in [2.45, 2.75) is 37.8 Å². The van der Waals surface area contributed by atoms with Crippen molar-refractivity contribution >= 4 is 5.91 Å². The molecule has 1 unspecified atom stereocenters. The number of benzene rings is 2. The average molecular weight is 354 g/mol. The molecule has 26 heavy (non-hydrogen) atoms. The minimum absolute atomic E-state index is 0.0371. The lowest BCUT2D eigenvalue weighted by molar-refractivity contribution is 0.0996. The normalized spacial score (nSPS) is 20.3. The van der Waals surface area contributed by atoms with Crippen molar-refractivity contribution in [3.05, 3.63) is 65.0 Å². The number of halogens is 1. The van der Waals surface area contributed by atoms with Crippen molar-refractivity contribution in [1.29, 1.82) is 0 Å². The Labute approximate surface area is 152 Å². The van der Waals surface area contributed by atoms with Gasteiger partial charge in [-0.2, -0.15) is 0 Å². The molecule has 0 aromatic heterocycles. The minimum Gasteiger partial charge on any atom is -0.489 e. The first-order valence-corrected chi connectivity index (χ1v) is 9.16. The quantitative estimate of drug-likeness (QED) is 0.864. The van der Waals surface area contributed by atoms with E-state index in [1.165, 1.54) is 11.6 Å². The van der Waals surface area contributed by atoms with E-state index in [1.807, 2.05) is 18.2 Å². The molecule has 2 aromatic carbocycles. The fraction of sp³-hybridized carbons (Fsp3) is 0.381. The number of hydrogen-bond donors (Lipinski definition) is 1. The molecule has 2 aliphatic rings. The van der Waals surface area contributed by atoms with Gasteiger partial charge in [0.25, 0.3) is 5.91 Å². The second-order valence-electron chi connectivity index (χ2n) is 7.26. The van der Waals surface area contributed by atoms with Crippen LogP contribution in [0.15, 0.2) is 42.5 Å². The van der Waals surface area contributed by atoms with Crippen LogP contribution < -0.4 is 10.5 Å². The van der Waals surface area contributed by atoms with Crippen LogP contribution in [0.3, 0.4) is 0 Å². The van der Waals surface area contributed by atoms with Gasteiger partial charge in [-0.15, -0.1) is 0 Å². The van der Waals surface area contributed by atoms with Crippen LogP contribution in [-0.2, 0) is 6.54 Å². The molecular formula is C21H23FN2O2. The SMILES string of the molecule is NC(=O)c1cc(C2CC2)c(OC2CCN(Cc3ccccc3)C2)cc1F. The van der Waals surface area contributed by atoms with Crippen LogP contribution in [0, 0.1) is 5.82 Å². The standard InChI is InChI=1S/C21H23FN2O2/c22-19-11-20(17(15-6-7-15)10-18(19)21(23)25)26-16-8-9-24(13-16)12-14-4-2-1-3-5-14/h1-5,10-11,15-16H,6-9,12-13H2,(H2,23,25). The summed E-state index contributed by atoms with van der Waals surface area (Å²) in [4.78, 5) is 13.8. The average Bonchev–Trinajstić information content (AvgIpc) is 3.37. The minimum atomic E-state index is -0.731. The molecule has 2 N–H and O–H groups in total. The van der Waals surface area contributed by atoms with E-state index >= 15 is 0 Å². The molecule has 2 aromatic rings. The van der Waals surface area contributed by atoms with Gasteiger partial charge < -0.3 is 10.5 Å². The first kappa shape index (κ1) is 17.0. The highest BCUT2D eigenvalue weighted by Crippen LogP contribution is 2.45. The summed E-state index contributed by atoms with van der Waals surface area (Å²) >= 11 is 0. The van der Waals surface area contributed by atoms with E-state index < -0.39 is 11.7 Å². The molecule has 4 nitrogen and oxygen atoms in total. The van der Waals surface area contributed by atoms with Crippen molar-refractivity contribution in [1.82, 2.24) is 4.90 Å². The van der Waals surface area contributed by atoms with Crippen molar-refractivity contribution in [3.63, 3.8) is 0 Å². The number of nitrogens with two attached hydrogens (primary N) is 1. The molecular weight excluding hydrogens is 331 g/mol. The molecule has 136 valence electrons. The zero-order valence-corrected chi connectivity index (χ0v) is 14.7. The first-order valence-electron chi connectivity index (χ1n) is 9.16. The van der Waals surface area contributed by atoms with E-state index in [-0.39, 0.29) is 11.7 Å². The van der Waals surface area contributed by atoms with E-state index in [4.69, 9.17) is 10.5 Å².